The number of unbranched alkanes of at least 4 members (excludes halogenated alkanes) is 15. The molecule has 1 fully saturated rings. The summed E-state index contributed by atoms with van der Waals surface area (Å²) in [5.41, 5.74) is 4.79. The van der Waals surface area contributed by atoms with Crippen molar-refractivity contribution >= 4 is 5.82 Å². The summed E-state index contributed by atoms with van der Waals surface area (Å²) in [6.45, 7) is 5.81. The van der Waals surface area contributed by atoms with E-state index in [1.165, 1.54) is 113 Å². The summed E-state index contributed by atoms with van der Waals surface area (Å²) in [7, 11) is 0. The van der Waals surface area contributed by atoms with Crippen LogP contribution in [0.3, 0.4) is 0 Å². The second kappa shape index (κ2) is 23.4. The van der Waals surface area contributed by atoms with Crippen LogP contribution in [0.15, 0.2) is 17.1 Å². The molecule has 5 N–H and O–H groups in total. The quantitative estimate of drug-likeness (QED) is 0.127. The number of hydrogen-bond donors (Lipinski definition) is 4. The number of anilines is 1. The van der Waals surface area contributed by atoms with Crippen LogP contribution in [0.1, 0.15) is 110 Å². The Balaban J connectivity index is 0.000000682. The molecule has 37 heavy (non-hydrogen) atoms. The fourth-order valence-corrected chi connectivity index (χ4v) is 4.45. The minimum Gasteiger partial charge on any atom is -0.394 e. The van der Waals surface area contributed by atoms with E-state index in [1.807, 2.05) is 0 Å². The summed E-state index contributed by atoms with van der Waals surface area (Å²) >= 11 is 0. The van der Waals surface area contributed by atoms with Gasteiger partial charge in [-0.3, -0.25) is 4.57 Å². The Labute approximate surface area is 246 Å². The van der Waals surface area contributed by atoms with Crippen molar-refractivity contribution in [3.63, 3.8) is 0 Å². The van der Waals surface area contributed by atoms with Gasteiger partial charge >= 0.3 is 35.2 Å². The van der Waals surface area contributed by atoms with E-state index in [-0.39, 0.29) is 41.9 Å². The van der Waals surface area contributed by atoms with E-state index in [0.29, 0.717) is 0 Å². The molecule has 0 amide bonds. The summed E-state index contributed by atoms with van der Waals surface area (Å²) in [5, 5.41) is 28.2. The third kappa shape index (κ3) is 16.3. The summed E-state index contributed by atoms with van der Waals surface area (Å²) in [6.07, 6.45) is 20.3. The molecule has 8 nitrogen and oxygen atoms in total. The Bertz CT molecular complexity index is 705. The zero-order valence-electron chi connectivity index (χ0n) is 23.5. The van der Waals surface area contributed by atoms with Crippen molar-refractivity contribution in [3.8, 4) is 0 Å². The molecule has 1 aliphatic rings. The first kappa shape index (κ1) is 36.5. The maximum absolute atomic E-state index is 11.5. The Hall–Kier alpha value is -0.480. The zero-order chi connectivity index (χ0) is 26.6. The van der Waals surface area contributed by atoms with Crippen LogP contribution in [0.2, 0.25) is 0 Å². The molecule has 0 bridgehead atoms. The number of ether oxygens (including phenoxy) is 1. The van der Waals surface area contributed by atoms with Crippen LogP contribution in [0.25, 0.3) is 0 Å². The molecule has 2 heterocycles. The number of hydrogen-bond acceptors (Lipinski definition) is 7. The molecule has 1 saturated heterocycles. The summed E-state index contributed by atoms with van der Waals surface area (Å²) in [6, 6.07) is 1.45. The first-order valence-corrected chi connectivity index (χ1v) is 14.2. The fourth-order valence-electron chi connectivity index (χ4n) is 4.45. The molecule has 0 unspecified atom stereocenters. The van der Waals surface area contributed by atoms with Crippen LogP contribution in [-0.2, 0) is 11.3 Å². The Morgan fingerprint density at radius 2 is 1.35 bits per heavy atom. The number of nitrogens with zero attached hydrogens (tertiary/aromatic N) is 2. The van der Waals surface area contributed by atoms with Crippen molar-refractivity contribution < 1.29 is 49.6 Å². The van der Waals surface area contributed by atoms with Gasteiger partial charge in [0.15, 0.2) is 0 Å². The average molecular weight is 534 g/mol. The van der Waals surface area contributed by atoms with Crippen molar-refractivity contribution in [2.75, 3.05) is 12.3 Å². The topological polar surface area (TPSA) is 131 Å². The third-order valence-corrected chi connectivity index (χ3v) is 6.77. The minimum absolute atomic E-state index is 0. The van der Waals surface area contributed by atoms with Gasteiger partial charge in [0.2, 0.25) is 0 Å². The van der Waals surface area contributed by atoms with Gasteiger partial charge in [0.25, 0.3) is 0 Å². The zero-order valence-corrected chi connectivity index (χ0v) is 25.5. The van der Waals surface area contributed by atoms with Gasteiger partial charge in [-0.25, -0.2) is 4.79 Å². The third-order valence-electron chi connectivity index (χ3n) is 6.77. The molecule has 1 aromatic rings. The van der Waals surface area contributed by atoms with Crippen molar-refractivity contribution in [1.29, 1.82) is 0 Å². The molecule has 0 saturated carbocycles. The van der Waals surface area contributed by atoms with E-state index in [9.17, 15) is 15.0 Å². The number of rotatable bonds is 18. The van der Waals surface area contributed by atoms with Gasteiger partial charge in [-0.15, -0.1) is 0 Å². The average Bonchev–Trinajstić information content (AvgIpc) is 3.14. The molecule has 1 aliphatic heterocycles. The standard InChI is InChI=1S/C18H37.C10H15N3O5.Na/c1-3-5-7-9-11-13-15-17-18-16-14-12-10-8-6-4-2;11-7-1-2-13(10(17)12-7)3-5-8(15)9(16)6(4-14)18-5;/h1,3-18H2,2H3;1-2,5-6,8-9,14-16H,3-4H2,(H2,11,12,17);/q-1;;+1/t;5-,6+,8-,9+;/m.0./s1. The normalized spacial score (nSPS) is 20.8. The summed E-state index contributed by atoms with van der Waals surface area (Å²) in [4.78, 5) is 15.0. The van der Waals surface area contributed by atoms with Gasteiger partial charge in [0.05, 0.1) is 13.2 Å². The Morgan fingerprint density at radius 1 is 0.892 bits per heavy atom. The van der Waals surface area contributed by atoms with Crippen LogP contribution in [0.5, 0.6) is 0 Å². The minimum atomic E-state index is -1.17. The van der Waals surface area contributed by atoms with Crippen molar-refractivity contribution in [3.05, 3.63) is 29.7 Å². The molecule has 0 aliphatic carbocycles. The molecule has 2 rings (SSSR count). The van der Waals surface area contributed by atoms with Gasteiger partial charge in [-0.1, -0.05) is 103 Å². The van der Waals surface area contributed by atoms with Gasteiger partial charge in [-0.05, 0) is 6.07 Å². The van der Waals surface area contributed by atoms with Gasteiger partial charge in [0, 0.05) is 6.20 Å². The van der Waals surface area contributed by atoms with Crippen LogP contribution in [-0.4, -0.2) is 55.9 Å². The van der Waals surface area contributed by atoms with Crippen molar-refractivity contribution in [2.45, 2.75) is 141 Å². The number of nitrogen functional groups attached to an aromatic ring is 1. The smallest absolute Gasteiger partial charge is 0.394 e. The van der Waals surface area contributed by atoms with E-state index >= 15 is 0 Å². The first-order valence-electron chi connectivity index (χ1n) is 14.2. The van der Waals surface area contributed by atoms with Gasteiger partial charge in [-0.2, -0.15) is 11.4 Å². The maximum atomic E-state index is 11.5. The molecule has 0 aromatic carbocycles. The van der Waals surface area contributed by atoms with E-state index in [1.54, 1.807) is 0 Å². The summed E-state index contributed by atoms with van der Waals surface area (Å²) in [5.74, 6) is 0.109. The molecule has 0 spiro atoms. The number of aliphatic hydroxyl groups is 3. The number of aliphatic hydroxyl groups excluding tert-OH is 3. The molecule has 9 heteroatoms. The van der Waals surface area contributed by atoms with Crippen molar-refractivity contribution in [2.24, 2.45) is 0 Å². The van der Waals surface area contributed by atoms with E-state index in [4.69, 9.17) is 15.6 Å². The van der Waals surface area contributed by atoms with E-state index < -0.39 is 36.7 Å². The predicted molar refractivity (Wildman–Crippen MR) is 146 cm³/mol. The van der Waals surface area contributed by atoms with Crippen LogP contribution in [0.4, 0.5) is 5.82 Å². The Morgan fingerprint density at radius 3 is 1.76 bits per heavy atom. The molecular weight excluding hydrogens is 481 g/mol. The first-order chi connectivity index (χ1) is 17.4. The largest absolute Gasteiger partial charge is 1.00 e. The number of nitrogens with two attached hydrogens (primary N) is 1. The van der Waals surface area contributed by atoms with E-state index in [2.05, 4.69) is 18.8 Å². The van der Waals surface area contributed by atoms with Gasteiger partial charge in [0.1, 0.15) is 30.2 Å². The SMILES string of the molecule is Nc1ccn(C[C@@H]2O[C@H](CO)[C@@H](O)[C@H]2O)c(=O)n1.[CH2-]CCCCCCCCCCCCCCCCC.[Na+]. The van der Waals surface area contributed by atoms with Gasteiger partial charge < -0.3 is 32.7 Å². The molecule has 210 valence electrons. The van der Waals surface area contributed by atoms with Crippen molar-refractivity contribution in [1.82, 2.24) is 9.55 Å². The Kier molecular flexibility index (Phi) is 23.1. The predicted octanol–water partition coefficient (Wildman–Crippen LogP) is 1.39. The second-order valence-electron chi connectivity index (χ2n) is 9.97. The molecular formula is C28H52N3NaO5. The fraction of sp³-hybridized carbons (Fsp3) is 0.821. The van der Waals surface area contributed by atoms with Crippen LogP contribution >= 0.6 is 0 Å². The second-order valence-corrected chi connectivity index (χ2v) is 9.97. The molecule has 0 radical (unpaired) electrons. The molecule has 1 aromatic heterocycles. The summed E-state index contributed by atoms with van der Waals surface area (Å²) < 4.78 is 6.47. The van der Waals surface area contributed by atoms with Crippen LogP contribution < -0.4 is 41.0 Å². The number of aromatic nitrogens is 2. The molecule has 4 atom stereocenters. The van der Waals surface area contributed by atoms with Crippen LogP contribution in [0, 0.1) is 6.92 Å². The maximum Gasteiger partial charge on any atom is 1.00 e. The monoisotopic (exact) mass is 533 g/mol. The van der Waals surface area contributed by atoms with E-state index in [0.717, 1.165) is 6.42 Å².